The van der Waals surface area contributed by atoms with Crippen molar-refractivity contribution in [1.29, 1.82) is 0 Å². The predicted octanol–water partition coefficient (Wildman–Crippen LogP) is 5.17. The number of carbonyl (C=O) groups is 1. The molecule has 4 N–H and O–H groups in total. The van der Waals surface area contributed by atoms with E-state index in [0.29, 0.717) is 11.3 Å². The minimum atomic E-state index is -3.59. The Morgan fingerprint density at radius 3 is 2.51 bits per heavy atom. The highest BCUT2D eigenvalue weighted by Crippen LogP contribution is 2.46. The van der Waals surface area contributed by atoms with Crippen molar-refractivity contribution in [2.24, 2.45) is 4.99 Å². The number of fused-ring (bicyclic) bond motifs is 2. The molecular weight excluding hydrogens is 590 g/mol. The fourth-order valence-corrected chi connectivity index (χ4v) is 7.77. The molecule has 11 nitrogen and oxygen atoms in total. The smallest absolute Gasteiger partial charge is 0.255 e. The Morgan fingerprint density at radius 1 is 1.09 bits per heavy atom. The summed E-state index contributed by atoms with van der Waals surface area (Å²) in [5, 5.41) is 4.90. The zero-order valence-electron chi connectivity index (χ0n) is 27.1. The van der Waals surface area contributed by atoms with Crippen molar-refractivity contribution in [2.45, 2.75) is 89.6 Å². The summed E-state index contributed by atoms with van der Waals surface area (Å²) >= 11 is 0. The normalized spacial score (nSPS) is 20.9. The Balaban J connectivity index is 1.26. The van der Waals surface area contributed by atoms with Gasteiger partial charge in [-0.05, 0) is 67.0 Å². The van der Waals surface area contributed by atoms with Crippen molar-refractivity contribution in [1.82, 2.24) is 15.9 Å². The van der Waals surface area contributed by atoms with E-state index < -0.39 is 10.0 Å². The number of carbonyl (C=O) groups excluding carboxylic acids is 1. The largest absolute Gasteiger partial charge is 0.492 e. The van der Waals surface area contributed by atoms with Crippen LogP contribution >= 0.6 is 0 Å². The average molecular weight is 636 g/mol. The Kier molecular flexibility index (Phi) is 8.01. The van der Waals surface area contributed by atoms with Crippen LogP contribution < -0.4 is 30.7 Å². The van der Waals surface area contributed by atoms with E-state index in [1.54, 1.807) is 12.1 Å². The number of ether oxygens (including phenoxy) is 1. The molecule has 6 rings (SSSR count). The molecule has 3 aliphatic heterocycles. The molecule has 45 heavy (non-hydrogen) atoms. The minimum Gasteiger partial charge on any atom is -0.492 e. The van der Waals surface area contributed by atoms with Gasteiger partial charge >= 0.3 is 0 Å². The number of rotatable bonds is 7. The molecule has 1 amide bonds. The number of methoxy groups -OCH3 is 1. The standard InChI is InChI=1S/C33H45N7O4S/c1-21-10-11-22(31(41)35-24-17-23(32(2,3)4)18-25(30(24)44-5)37-45(6,42)43)16-27(21)39-20-26(36-38-39)28-19-34-29-12-15-33(40(28)29)13-8-7-9-14-33/h10-11,16-18,20,28,36-38H,7-9,12-15,19H2,1-6H3,(H,35,41). The second-order valence-corrected chi connectivity index (χ2v) is 15.6. The Labute approximate surface area is 266 Å². The molecule has 0 aromatic heterocycles. The molecule has 1 aliphatic carbocycles. The monoisotopic (exact) mass is 635 g/mol. The number of hydrogen-bond donors (Lipinski definition) is 4. The number of amides is 1. The van der Waals surface area contributed by atoms with Gasteiger partial charge in [-0.15, -0.1) is 5.53 Å². The maximum absolute atomic E-state index is 13.7. The van der Waals surface area contributed by atoms with Gasteiger partial charge in [0.25, 0.3) is 5.91 Å². The Morgan fingerprint density at radius 2 is 1.82 bits per heavy atom. The summed E-state index contributed by atoms with van der Waals surface area (Å²) in [4.78, 5) is 21.2. The van der Waals surface area contributed by atoms with Crippen LogP contribution in [0.25, 0.3) is 0 Å². The predicted molar refractivity (Wildman–Crippen MR) is 179 cm³/mol. The zero-order valence-corrected chi connectivity index (χ0v) is 27.9. The highest BCUT2D eigenvalue weighted by molar-refractivity contribution is 7.92. The number of nitrogens with zero attached hydrogens (tertiary/aromatic N) is 3. The molecular formula is C33H45N7O4S. The van der Waals surface area contributed by atoms with Crippen molar-refractivity contribution in [3.63, 3.8) is 0 Å². The second-order valence-electron chi connectivity index (χ2n) is 13.8. The van der Waals surface area contributed by atoms with Crippen LogP contribution in [0.4, 0.5) is 17.1 Å². The van der Waals surface area contributed by atoms with E-state index in [-0.39, 0.29) is 34.3 Å². The fourth-order valence-electron chi connectivity index (χ4n) is 7.22. The zero-order chi connectivity index (χ0) is 32.1. The van der Waals surface area contributed by atoms with Crippen molar-refractivity contribution < 1.29 is 17.9 Å². The van der Waals surface area contributed by atoms with Crippen molar-refractivity contribution in [2.75, 3.05) is 35.0 Å². The molecule has 4 aliphatic rings. The number of aliphatic imine (C=N–C) groups is 1. The summed E-state index contributed by atoms with van der Waals surface area (Å²) in [5.74, 6) is 1.15. The van der Waals surface area contributed by atoms with Crippen LogP contribution in [0.5, 0.6) is 5.75 Å². The summed E-state index contributed by atoms with van der Waals surface area (Å²) in [6.45, 7) is 8.82. The van der Waals surface area contributed by atoms with Gasteiger partial charge in [0.1, 0.15) is 5.84 Å². The third kappa shape index (κ3) is 6.09. The lowest BCUT2D eigenvalue weighted by Gasteiger charge is -2.44. The molecule has 3 heterocycles. The van der Waals surface area contributed by atoms with Gasteiger partial charge in [-0.25, -0.2) is 8.42 Å². The maximum atomic E-state index is 13.7. The number of hydrazine groups is 2. The molecule has 1 saturated carbocycles. The number of hydrogen-bond acceptors (Lipinski definition) is 9. The lowest BCUT2D eigenvalue weighted by molar-refractivity contribution is 0.102. The van der Waals surface area contributed by atoms with E-state index in [4.69, 9.17) is 9.73 Å². The molecule has 242 valence electrons. The quantitative estimate of drug-likeness (QED) is 0.328. The molecule has 1 saturated heterocycles. The fraction of sp³-hybridized carbons (Fsp3) is 0.515. The van der Waals surface area contributed by atoms with Gasteiger partial charge < -0.3 is 20.4 Å². The molecule has 1 unspecified atom stereocenters. The first-order valence-electron chi connectivity index (χ1n) is 15.8. The van der Waals surface area contributed by atoms with Crippen molar-refractivity contribution in [3.05, 3.63) is 58.9 Å². The van der Waals surface area contributed by atoms with Crippen molar-refractivity contribution in [3.8, 4) is 5.75 Å². The van der Waals surface area contributed by atoms with Gasteiger partial charge in [-0.1, -0.05) is 46.1 Å². The number of anilines is 3. The lowest BCUT2D eigenvalue weighted by Crippen LogP contribution is -2.53. The third-order valence-corrected chi connectivity index (χ3v) is 10.1. The van der Waals surface area contributed by atoms with Crippen LogP contribution in [-0.2, 0) is 15.4 Å². The molecule has 2 aromatic rings. The molecule has 0 bridgehead atoms. The van der Waals surface area contributed by atoms with E-state index in [0.717, 1.165) is 41.7 Å². The first-order valence-corrected chi connectivity index (χ1v) is 17.6. The Hall–Kier alpha value is -3.77. The number of nitrogens with one attached hydrogen (secondary N) is 4. The van der Waals surface area contributed by atoms with Gasteiger partial charge in [-0.3, -0.25) is 19.5 Å². The maximum Gasteiger partial charge on any atom is 0.255 e. The van der Waals surface area contributed by atoms with E-state index in [9.17, 15) is 13.2 Å². The van der Waals surface area contributed by atoms with Crippen LogP contribution in [0.2, 0.25) is 0 Å². The van der Waals surface area contributed by atoms with Gasteiger partial charge in [0.05, 0.1) is 48.7 Å². The Bertz CT molecular complexity index is 1670. The average Bonchev–Trinajstić information content (AvgIpc) is 3.70. The summed E-state index contributed by atoms with van der Waals surface area (Å²) in [5.41, 5.74) is 11.5. The van der Waals surface area contributed by atoms with Crippen LogP contribution in [-0.4, -0.2) is 56.6 Å². The molecule has 2 fully saturated rings. The molecule has 1 spiro atoms. The number of amidine groups is 1. The first-order chi connectivity index (χ1) is 21.3. The number of aryl methyl sites for hydroxylation is 1. The molecule has 12 heteroatoms. The van der Waals surface area contributed by atoms with E-state index in [2.05, 4.69) is 32.1 Å². The van der Waals surface area contributed by atoms with Gasteiger partial charge in [0, 0.05) is 23.7 Å². The summed E-state index contributed by atoms with van der Waals surface area (Å²) in [6.07, 6.45) is 11.8. The number of sulfonamides is 1. The summed E-state index contributed by atoms with van der Waals surface area (Å²) < 4.78 is 32.4. The topological polar surface area (TPSA) is 127 Å². The highest BCUT2D eigenvalue weighted by atomic mass is 32.2. The summed E-state index contributed by atoms with van der Waals surface area (Å²) in [7, 11) is -2.14. The van der Waals surface area contributed by atoms with Crippen LogP contribution in [0.3, 0.4) is 0 Å². The van der Waals surface area contributed by atoms with Gasteiger partial charge in [-0.2, -0.15) is 0 Å². The van der Waals surface area contributed by atoms with Crippen LogP contribution in [0.15, 0.2) is 47.2 Å². The molecule has 1 atom stereocenters. The SMILES string of the molecule is COc1c(NC(=O)c2ccc(C)c(N3C=C(C4CN=C5CCC6(CCCCC6)N54)NN3)c2)cc(C(C)(C)C)cc1NS(C)(=O)=O. The first kappa shape index (κ1) is 31.2. The van der Waals surface area contributed by atoms with Crippen molar-refractivity contribution >= 4 is 38.8 Å². The van der Waals surface area contributed by atoms with Crippen LogP contribution in [0, 0.1) is 6.92 Å². The number of benzene rings is 2. The molecule has 2 aromatic carbocycles. The van der Waals surface area contributed by atoms with E-state index in [1.807, 2.05) is 50.9 Å². The summed E-state index contributed by atoms with van der Waals surface area (Å²) in [6, 6.07) is 9.30. The highest BCUT2D eigenvalue weighted by Gasteiger charge is 2.50. The third-order valence-electron chi connectivity index (χ3n) is 9.53. The van der Waals surface area contributed by atoms with Crippen LogP contribution in [0.1, 0.15) is 87.2 Å². The van der Waals surface area contributed by atoms with E-state index >= 15 is 0 Å². The van der Waals surface area contributed by atoms with E-state index in [1.165, 1.54) is 51.5 Å². The minimum absolute atomic E-state index is 0.169. The lowest BCUT2D eigenvalue weighted by atomic mass is 9.79. The second kappa shape index (κ2) is 11.5. The van der Waals surface area contributed by atoms with Gasteiger partial charge in [0.2, 0.25) is 10.0 Å². The molecule has 0 radical (unpaired) electrons. The van der Waals surface area contributed by atoms with Gasteiger partial charge in [0.15, 0.2) is 5.75 Å².